The average Bonchev–Trinajstić information content (AvgIpc) is 3.44. The van der Waals surface area contributed by atoms with Gasteiger partial charge in [-0.1, -0.05) is 12.1 Å². The number of nitrogens with one attached hydrogen (secondary N) is 2. The molecule has 2 bridgehead atoms. The number of carbonyl (C=O) groups is 1. The molecule has 0 spiro atoms. The maximum Gasteiger partial charge on any atom is 0.308 e. The quantitative estimate of drug-likeness (QED) is 0.329. The van der Waals surface area contributed by atoms with E-state index in [1.54, 1.807) is 18.3 Å². The van der Waals surface area contributed by atoms with Crippen LogP contribution in [0.5, 0.6) is 0 Å². The molecule has 0 radical (unpaired) electrons. The van der Waals surface area contributed by atoms with E-state index in [4.69, 9.17) is 4.98 Å². The number of halogens is 2. The molecule has 3 aromatic heterocycles. The lowest BCUT2D eigenvalue weighted by Gasteiger charge is -2.47. The number of anilines is 1. The molecule has 0 saturated heterocycles. The van der Waals surface area contributed by atoms with Gasteiger partial charge in [0, 0.05) is 23.2 Å². The number of pyridine rings is 1. The number of aromatic nitrogens is 3. The van der Waals surface area contributed by atoms with Gasteiger partial charge < -0.3 is 15.4 Å². The molecule has 174 valence electrons. The summed E-state index contributed by atoms with van der Waals surface area (Å²) in [5.41, 5.74) is 2.05. The molecule has 1 unspecified atom stereocenters. The van der Waals surface area contributed by atoms with Gasteiger partial charge >= 0.3 is 5.97 Å². The summed E-state index contributed by atoms with van der Waals surface area (Å²) < 4.78 is 27.5. The lowest BCUT2D eigenvalue weighted by atomic mass is 9.61. The van der Waals surface area contributed by atoms with E-state index >= 15 is 0 Å². The molecule has 0 aliphatic heterocycles. The number of carboxylic acid groups (broad SMARTS) is 1. The standard InChI is InChI=1S/C25H22F2N4O2S/c26-15-7-5-14(6-8-15)21-23(30-20-13-3-1-12(2-4-13)19(20)25(32)33)31-24(34-21)18-11-29-22-17(18)9-16(27)10-28-22/h5-13,19-20,30H,1-4H2,(H,28,29)(H,32,33)/t12?,13?,19-,20?/m0/s1. The third-order valence-corrected chi connectivity index (χ3v) is 8.41. The summed E-state index contributed by atoms with van der Waals surface area (Å²) in [5, 5.41) is 14.7. The molecule has 3 aliphatic carbocycles. The lowest BCUT2D eigenvalue weighted by molar-refractivity contribution is -0.148. The minimum absolute atomic E-state index is 0.162. The average molecular weight is 481 g/mol. The van der Waals surface area contributed by atoms with Gasteiger partial charge in [-0.3, -0.25) is 4.79 Å². The molecular weight excluding hydrogens is 458 g/mol. The second-order valence-electron chi connectivity index (χ2n) is 9.16. The highest BCUT2D eigenvalue weighted by molar-refractivity contribution is 7.19. The number of nitrogens with zero attached hydrogens (tertiary/aromatic N) is 2. The van der Waals surface area contributed by atoms with Crippen LogP contribution in [0.2, 0.25) is 0 Å². The van der Waals surface area contributed by atoms with Crippen molar-refractivity contribution >= 4 is 34.2 Å². The summed E-state index contributed by atoms with van der Waals surface area (Å²) in [6.45, 7) is 0. The van der Waals surface area contributed by atoms with Crippen molar-refractivity contribution in [1.82, 2.24) is 15.0 Å². The minimum Gasteiger partial charge on any atom is -0.481 e. The Morgan fingerprint density at radius 3 is 2.56 bits per heavy atom. The van der Waals surface area contributed by atoms with Crippen molar-refractivity contribution in [3.63, 3.8) is 0 Å². The van der Waals surface area contributed by atoms with Crippen LogP contribution in [0, 0.1) is 29.4 Å². The number of rotatable bonds is 5. The van der Waals surface area contributed by atoms with Crippen LogP contribution >= 0.6 is 11.3 Å². The van der Waals surface area contributed by atoms with E-state index in [-0.39, 0.29) is 23.7 Å². The number of aliphatic carboxylic acids is 1. The number of hydrogen-bond donors (Lipinski definition) is 3. The van der Waals surface area contributed by atoms with Crippen LogP contribution in [0.15, 0.2) is 42.7 Å². The molecule has 2 atom stereocenters. The third kappa shape index (κ3) is 3.55. The number of fused-ring (bicyclic) bond motifs is 4. The summed E-state index contributed by atoms with van der Waals surface area (Å²) in [5.74, 6) is -1.01. The summed E-state index contributed by atoms with van der Waals surface area (Å²) in [6.07, 6.45) is 6.80. The summed E-state index contributed by atoms with van der Waals surface area (Å²) in [7, 11) is 0. The highest BCUT2D eigenvalue weighted by Gasteiger charge is 2.47. The largest absolute Gasteiger partial charge is 0.481 e. The summed E-state index contributed by atoms with van der Waals surface area (Å²) >= 11 is 1.40. The monoisotopic (exact) mass is 480 g/mol. The topological polar surface area (TPSA) is 90.9 Å². The third-order valence-electron chi connectivity index (χ3n) is 7.27. The second-order valence-corrected chi connectivity index (χ2v) is 10.2. The first kappa shape index (κ1) is 21.2. The van der Waals surface area contributed by atoms with E-state index in [2.05, 4.69) is 15.3 Å². The van der Waals surface area contributed by atoms with Crippen molar-refractivity contribution in [2.45, 2.75) is 31.7 Å². The number of carboxylic acids is 1. The Labute approximate surface area is 198 Å². The van der Waals surface area contributed by atoms with Crippen molar-refractivity contribution in [2.75, 3.05) is 5.32 Å². The molecule has 7 rings (SSSR count). The fourth-order valence-corrected chi connectivity index (χ4v) is 6.72. The molecule has 1 aromatic carbocycles. The number of benzene rings is 1. The van der Waals surface area contributed by atoms with E-state index in [1.807, 2.05) is 0 Å². The van der Waals surface area contributed by atoms with Gasteiger partial charge in [-0.15, -0.1) is 11.3 Å². The number of H-pyrrole nitrogens is 1. The molecule has 3 N–H and O–H groups in total. The molecule has 3 aliphatic rings. The van der Waals surface area contributed by atoms with Crippen LogP contribution in [0.3, 0.4) is 0 Å². The Kier molecular flexibility index (Phi) is 5.09. The van der Waals surface area contributed by atoms with Gasteiger partial charge in [-0.25, -0.2) is 18.7 Å². The van der Waals surface area contributed by atoms with Gasteiger partial charge in [0.05, 0.1) is 17.0 Å². The number of thiazole rings is 1. The predicted molar refractivity (Wildman–Crippen MR) is 127 cm³/mol. The molecule has 3 fully saturated rings. The number of aromatic amines is 1. The SMILES string of the molecule is O=C(O)[C@H]1C2CCC(CC2)C1Nc1nc(-c2c[nH]c3ncc(F)cc23)sc1-c1ccc(F)cc1. The molecule has 0 amide bonds. The zero-order chi connectivity index (χ0) is 23.4. The van der Waals surface area contributed by atoms with Crippen LogP contribution < -0.4 is 5.32 Å². The Bertz CT molecular complexity index is 1380. The van der Waals surface area contributed by atoms with Crippen molar-refractivity contribution in [2.24, 2.45) is 17.8 Å². The molecule has 6 nitrogen and oxygen atoms in total. The summed E-state index contributed by atoms with van der Waals surface area (Å²) in [4.78, 5) is 25.0. The fourth-order valence-electron chi connectivity index (χ4n) is 5.66. The zero-order valence-corrected chi connectivity index (χ0v) is 18.9. The molecule has 9 heteroatoms. The molecular formula is C25H22F2N4O2S. The van der Waals surface area contributed by atoms with E-state index in [0.29, 0.717) is 27.4 Å². The summed E-state index contributed by atoms with van der Waals surface area (Å²) in [6, 6.07) is 7.37. The van der Waals surface area contributed by atoms with Gasteiger partial charge in [-0.2, -0.15) is 0 Å². The van der Waals surface area contributed by atoms with Crippen LogP contribution in [0.1, 0.15) is 25.7 Å². The maximum atomic E-state index is 13.9. The van der Waals surface area contributed by atoms with Crippen LogP contribution in [-0.4, -0.2) is 32.1 Å². The Morgan fingerprint density at radius 1 is 1.09 bits per heavy atom. The second kappa shape index (κ2) is 8.16. The highest BCUT2D eigenvalue weighted by atomic mass is 32.1. The minimum atomic E-state index is -0.774. The predicted octanol–water partition coefficient (Wildman–Crippen LogP) is 5.93. The van der Waals surface area contributed by atoms with Crippen molar-refractivity contribution in [1.29, 1.82) is 0 Å². The Balaban J connectivity index is 1.45. The van der Waals surface area contributed by atoms with Crippen LogP contribution in [0.4, 0.5) is 14.6 Å². The maximum absolute atomic E-state index is 13.9. The van der Waals surface area contributed by atoms with Crippen LogP contribution in [0.25, 0.3) is 32.0 Å². The fraction of sp³-hybridized carbons (Fsp3) is 0.320. The van der Waals surface area contributed by atoms with Gasteiger partial charge in [0.2, 0.25) is 0 Å². The van der Waals surface area contributed by atoms with Gasteiger partial charge in [0.1, 0.15) is 28.1 Å². The molecule has 34 heavy (non-hydrogen) atoms. The smallest absolute Gasteiger partial charge is 0.308 e. The van der Waals surface area contributed by atoms with E-state index in [1.165, 1.54) is 29.5 Å². The normalized spacial score (nSPS) is 23.9. The van der Waals surface area contributed by atoms with Gasteiger partial charge in [-0.05, 0) is 61.3 Å². The van der Waals surface area contributed by atoms with E-state index in [9.17, 15) is 18.7 Å². The molecule has 3 heterocycles. The van der Waals surface area contributed by atoms with E-state index in [0.717, 1.165) is 42.3 Å². The molecule has 4 aromatic rings. The van der Waals surface area contributed by atoms with E-state index < -0.39 is 17.7 Å². The first-order chi connectivity index (χ1) is 16.5. The van der Waals surface area contributed by atoms with Gasteiger partial charge in [0.15, 0.2) is 0 Å². The van der Waals surface area contributed by atoms with Crippen molar-refractivity contribution in [3.05, 3.63) is 54.4 Å². The molecule has 3 saturated carbocycles. The van der Waals surface area contributed by atoms with Crippen molar-refractivity contribution < 1.29 is 18.7 Å². The zero-order valence-electron chi connectivity index (χ0n) is 18.1. The first-order valence-corrected chi connectivity index (χ1v) is 12.2. The Hall–Kier alpha value is -3.33. The van der Waals surface area contributed by atoms with Gasteiger partial charge in [0.25, 0.3) is 0 Å². The van der Waals surface area contributed by atoms with Crippen LogP contribution in [-0.2, 0) is 4.79 Å². The lowest BCUT2D eigenvalue weighted by Crippen LogP contribution is -2.51. The number of hydrogen-bond acceptors (Lipinski definition) is 5. The first-order valence-electron chi connectivity index (χ1n) is 11.4. The Morgan fingerprint density at radius 2 is 1.82 bits per heavy atom. The van der Waals surface area contributed by atoms with Crippen molar-refractivity contribution in [3.8, 4) is 21.0 Å². The highest BCUT2D eigenvalue weighted by Crippen LogP contribution is 2.48.